The first-order valence-corrected chi connectivity index (χ1v) is 6.77. The summed E-state index contributed by atoms with van der Waals surface area (Å²) in [6.07, 6.45) is 3.80. The van der Waals surface area contributed by atoms with E-state index in [1.165, 1.54) is 0 Å². The number of rotatable bonds is 3. The molecule has 2 heterocycles. The first-order chi connectivity index (χ1) is 8.65. The van der Waals surface area contributed by atoms with Gasteiger partial charge in [-0.25, -0.2) is 4.98 Å². The van der Waals surface area contributed by atoms with Gasteiger partial charge in [0.1, 0.15) is 5.82 Å². The fourth-order valence-corrected chi connectivity index (χ4v) is 2.14. The second-order valence-electron chi connectivity index (χ2n) is 4.37. The first-order valence-electron chi connectivity index (χ1n) is 5.69. The van der Waals surface area contributed by atoms with Crippen molar-refractivity contribution in [3.8, 4) is 0 Å². The van der Waals surface area contributed by atoms with Gasteiger partial charge >= 0.3 is 0 Å². The molecule has 2 aromatic rings. The Balaban J connectivity index is 1.91. The predicted molar refractivity (Wildman–Crippen MR) is 71.3 cm³/mol. The minimum absolute atomic E-state index is 0.0686. The van der Waals surface area contributed by atoms with Gasteiger partial charge in [0.25, 0.3) is 5.56 Å². The third-order valence-corrected chi connectivity index (χ3v) is 3.65. The summed E-state index contributed by atoms with van der Waals surface area (Å²) in [7, 11) is 0. The van der Waals surface area contributed by atoms with Crippen LogP contribution in [0.4, 0.5) is 0 Å². The lowest BCUT2D eigenvalue weighted by molar-refractivity contribution is 0.372. The molecule has 7 heteroatoms. The molecule has 0 aromatic carbocycles. The summed E-state index contributed by atoms with van der Waals surface area (Å²) in [5.41, 5.74) is -0.0686. The van der Waals surface area contributed by atoms with Crippen molar-refractivity contribution in [3.63, 3.8) is 0 Å². The molecule has 0 saturated heterocycles. The average molecular weight is 358 g/mol. The Bertz CT molecular complexity index is 645. The second-order valence-corrected chi connectivity index (χ2v) is 5.53. The molecule has 1 saturated carbocycles. The Morgan fingerprint density at radius 2 is 2.33 bits per heavy atom. The number of hydrogen-bond donors (Lipinski definition) is 0. The molecule has 1 aliphatic rings. The number of aromatic nitrogens is 4. The SMILES string of the molecule is Cc1ncc(I)c(=O)n1Cc1noc(C2CC2)n1. The molecule has 0 unspecified atom stereocenters. The molecule has 0 N–H and O–H groups in total. The van der Waals surface area contributed by atoms with E-state index in [9.17, 15) is 4.79 Å². The first kappa shape index (κ1) is 11.8. The van der Waals surface area contributed by atoms with Crippen LogP contribution in [0.3, 0.4) is 0 Å². The monoisotopic (exact) mass is 358 g/mol. The van der Waals surface area contributed by atoms with E-state index in [2.05, 4.69) is 15.1 Å². The molecule has 0 bridgehead atoms. The topological polar surface area (TPSA) is 73.8 Å². The third kappa shape index (κ3) is 2.18. The Kier molecular flexibility index (Phi) is 2.92. The van der Waals surface area contributed by atoms with E-state index < -0.39 is 0 Å². The maximum absolute atomic E-state index is 12.0. The quantitative estimate of drug-likeness (QED) is 0.777. The summed E-state index contributed by atoms with van der Waals surface area (Å²) in [4.78, 5) is 20.4. The summed E-state index contributed by atoms with van der Waals surface area (Å²) in [6.45, 7) is 2.10. The number of halogens is 1. The summed E-state index contributed by atoms with van der Waals surface area (Å²) in [6, 6.07) is 0. The third-order valence-electron chi connectivity index (χ3n) is 2.91. The molecule has 6 nitrogen and oxygen atoms in total. The van der Waals surface area contributed by atoms with Crippen LogP contribution >= 0.6 is 22.6 Å². The Morgan fingerprint density at radius 1 is 1.56 bits per heavy atom. The zero-order valence-electron chi connectivity index (χ0n) is 9.76. The van der Waals surface area contributed by atoms with Crippen molar-refractivity contribution in [2.45, 2.75) is 32.2 Å². The fraction of sp³-hybridized carbons (Fsp3) is 0.455. The van der Waals surface area contributed by atoms with Gasteiger partial charge in [0.05, 0.1) is 10.1 Å². The Morgan fingerprint density at radius 3 is 3.06 bits per heavy atom. The lowest BCUT2D eigenvalue weighted by Crippen LogP contribution is -2.26. The van der Waals surface area contributed by atoms with Crippen molar-refractivity contribution in [2.75, 3.05) is 0 Å². The van der Waals surface area contributed by atoms with Crippen LogP contribution < -0.4 is 5.56 Å². The van der Waals surface area contributed by atoms with Crippen molar-refractivity contribution < 1.29 is 4.52 Å². The normalized spacial score (nSPS) is 15.0. The van der Waals surface area contributed by atoms with E-state index in [0.717, 1.165) is 12.8 Å². The summed E-state index contributed by atoms with van der Waals surface area (Å²) >= 11 is 1.98. The van der Waals surface area contributed by atoms with Gasteiger partial charge in [0.2, 0.25) is 5.89 Å². The van der Waals surface area contributed by atoms with Crippen LogP contribution in [0.5, 0.6) is 0 Å². The molecule has 3 rings (SSSR count). The molecule has 0 radical (unpaired) electrons. The van der Waals surface area contributed by atoms with Gasteiger partial charge < -0.3 is 4.52 Å². The van der Waals surface area contributed by atoms with E-state index in [0.29, 0.717) is 33.6 Å². The van der Waals surface area contributed by atoms with Crippen LogP contribution in [0.15, 0.2) is 15.5 Å². The van der Waals surface area contributed by atoms with Gasteiger partial charge in [-0.3, -0.25) is 9.36 Å². The van der Waals surface area contributed by atoms with Gasteiger partial charge in [-0.1, -0.05) is 5.16 Å². The van der Waals surface area contributed by atoms with Gasteiger partial charge in [-0.15, -0.1) is 0 Å². The van der Waals surface area contributed by atoms with E-state index in [-0.39, 0.29) is 5.56 Å². The van der Waals surface area contributed by atoms with Gasteiger partial charge in [0, 0.05) is 12.1 Å². The lowest BCUT2D eigenvalue weighted by atomic mass is 10.4. The highest BCUT2D eigenvalue weighted by atomic mass is 127. The molecule has 1 fully saturated rings. The zero-order valence-corrected chi connectivity index (χ0v) is 11.9. The molecule has 1 aliphatic carbocycles. The zero-order chi connectivity index (χ0) is 12.7. The number of aryl methyl sites for hydroxylation is 1. The van der Waals surface area contributed by atoms with Crippen molar-refractivity contribution in [3.05, 3.63) is 37.7 Å². The minimum Gasteiger partial charge on any atom is -0.339 e. The second kappa shape index (κ2) is 4.45. The predicted octanol–water partition coefficient (Wildman–Crippen LogP) is 1.47. The summed E-state index contributed by atoms with van der Waals surface area (Å²) < 4.78 is 7.32. The lowest BCUT2D eigenvalue weighted by Gasteiger charge is -2.05. The summed E-state index contributed by atoms with van der Waals surface area (Å²) in [5.74, 6) is 2.30. The van der Waals surface area contributed by atoms with Crippen molar-refractivity contribution in [1.82, 2.24) is 19.7 Å². The Hall–Kier alpha value is -1.25. The molecule has 2 aromatic heterocycles. The van der Waals surface area contributed by atoms with Gasteiger partial charge in [-0.2, -0.15) is 4.98 Å². The smallest absolute Gasteiger partial charge is 0.267 e. The van der Waals surface area contributed by atoms with Crippen LogP contribution in [0.25, 0.3) is 0 Å². The standard InChI is InChI=1S/C11H11IN4O2/c1-6-13-4-8(12)11(17)16(6)5-9-14-10(18-15-9)7-2-3-7/h4,7H,2-3,5H2,1H3. The van der Waals surface area contributed by atoms with Crippen molar-refractivity contribution >= 4 is 22.6 Å². The van der Waals surface area contributed by atoms with Crippen LogP contribution in [-0.2, 0) is 6.54 Å². The van der Waals surface area contributed by atoms with Crippen LogP contribution in [0.2, 0.25) is 0 Å². The highest BCUT2D eigenvalue weighted by molar-refractivity contribution is 14.1. The molecule has 18 heavy (non-hydrogen) atoms. The van der Waals surface area contributed by atoms with Crippen LogP contribution in [-0.4, -0.2) is 19.7 Å². The van der Waals surface area contributed by atoms with E-state index in [4.69, 9.17) is 4.52 Å². The van der Waals surface area contributed by atoms with Crippen molar-refractivity contribution in [1.29, 1.82) is 0 Å². The minimum atomic E-state index is -0.0686. The number of hydrogen-bond acceptors (Lipinski definition) is 5. The maximum atomic E-state index is 12.0. The van der Waals surface area contributed by atoms with Gasteiger partial charge in [-0.05, 0) is 42.4 Å². The van der Waals surface area contributed by atoms with Crippen LogP contribution in [0.1, 0.15) is 36.3 Å². The largest absolute Gasteiger partial charge is 0.339 e. The molecule has 0 atom stereocenters. The Labute approximate surface area is 117 Å². The summed E-state index contributed by atoms with van der Waals surface area (Å²) in [5, 5.41) is 3.91. The molecular formula is C11H11IN4O2. The highest BCUT2D eigenvalue weighted by Gasteiger charge is 2.29. The average Bonchev–Trinajstić information content (AvgIpc) is 3.10. The molecule has 94 valence electrons. The van der Waals surface area contributed by atoms with E-state index in [1.807, 2.05) is 22.6 Å². The number of nitrogens with zero attached hydrogens (tertiary/aromatic N) is 4. The molecular weight excluding hydrogens is 347 g/mol. The molecule has 0 spiro atoms. The van der Waals surface area contributed by atoms with Crippen LogP contribution in [0, 0.1) is 10.5 Å². The fourth-order valence-electron chi connectivity index (χ4n) is 1.71. The van der Waals surface area contributed by atoms with Gasteiger partial charge in [0.15, 0.2) is 5.82 Å². The van der Waals surface area contributed by atoms with E-state index >= 15 is 0 Å². The molecule has 0 aliphatic heterocycles. The van der Waals surface area contributed by atoms with E-state index in [1.54, 1.807) is 17.7 Å². The highest BCUT2D eigenvalue weighted by Crippen LogP contribution is 2.38. The molecule has 0 amide bonds. The maximum Gasteiger partial charge on any atom is 0.267 e. The van der Waals surface area contributed by atoms with Crippen molar-refractivity contribution in [2.24, 2.45) is 0 Å².